The largest absolute Gasteiger partial charge is 0.494 e. The number of methoxy groups -OCH3 is 1. The number of halogens is 1. The number of alkyl halides is 1. The van der Waals surface area contributed by atoms with Crippen molar-refractivity contribution in [3.8, 4) is 0 Å². The van der Waals surface area contributed by atoms with E-state index in [2.05, 4.69) is 20.0 Å². The molecule has 12 heteroatoms. The lowest BCUT2D eigenvalue weighted by Gasteiger charge is -2.32. The third kappa shape index (κ3) is 5.09. The summed E-state index contributed by atoms with van der Waals surface area (Å²) in [6, 6.07) is 3.44. The summed E-state index contributed by atoms with van der Waals surface area (Å²) in [5.74, 6) is -0.553. The lowest BCUT2D eigenvalue weighted by atomic mass is 9.78. The van der Waals surface area contributed by atoms with Gasteiger partial charge in [-0.2, -0.15) is 0 Å². The summed E-state index contributed by atoms with van der Waals surface area (Å²) in [6.07, 6.45) is -2.07. The molecule has 2 aliphatic heterocycles. The summed E-state index contributed by atoms with van der Waals surface area (Å²) in [6.45, 7) is 11.2. The van der Waals surface area contributed by atoms with E-state index < -0.39 is 54.1 Å². The summed E-state index contributed by atoms with van der Waals surface area (Å²) in [5, 5.41) is 2.85. The average molecular weight is 516 g/mol. The van der Waals surface area contributed by atoms with Crippen LogP contribution in [0.15, 0.2) is 23.0 Å². The number of hydrogen-bond acceptors (Lipinski definition) is 7. The maximum Gasteiger partial charge on any atom is 0.494 e. The third-order valence-corrected chi connectivity index (χ3v) is 7.51. The highest BCUT2D eigenvalue weighted by atomic mass is 19.1. The first-order valence-electron chi connectivity index (χ1n) is 12.4. The van der Waals surface area contributed by atoms with Crippen LogP contribution in [0.25, 0.3) is 10.9 Å². The van der Waals surface area contributed by atoms with Gasteiger partial charge in [-0.3, -0.25) is 9.59 Å². The smallest absolute Gasteiger partial charge is 0.453 e. The van der Waals surface area contributed by atoms with Crippen LogP contribution in [0.4, 0.5) is 9.18 Å². The first-order chi connectivity index (χ1) is 17.2. The number of fused-ring (bicyclic) bond motifs is 1. The Morgan fingerprint density at radius 3 is 2.49 bits per heavy atom. The molecule has 2 N–H and O–H groups in total. The number of aromatic nitrogens is 2. The number of rotatable bonds is 5. The monoisotopic (exact) mass is 516 g/mol. The van der Waals surface area contributed by atoms with Crippen molar-refractivity contribution in [3.05, 3.63) is 34.4 Å². The molecule has 0 bridgehead atoms. The Kier molecular flexibility index (Phi) is 7.11. The topological polar surface area (TPSA) is 123 Å². The van der Waals surface area contributed by atoms with Crippen LogP contribution in [0.5, 0.6) is 0 Å². The molecule has 2 saturated heterocycles. The number of ether oxygens (including phenoxy) is 1. The summed E-state index contributed by atoms with van der Waals surface area (Å²) < 4.78 is 31.4. The minimum atomic E-state index is -1.30. The molecular formula is C25H34BFN4O6. The molecule has 3 atom stereocenters. The van der Waals surface area contributed by atoms with Gasteiger partial charge >= 0.3 is 13.2 Å². The summed E-state index contributed by atoms with van der Waals surface area (Å²) >= 11 is 0. The molecule has 2 fully saturated rings. The molecule has 200 valence electrons. The number of amides is 2. The summed E-state index contributed by atoms with van der Waals surface area (Å²) in [5.41, 5.74) is -0.387. The van der Waals surface area contributed by atoms with Gasteiger partial charge in [-0.25, -0.2) is 14.2 Å². The van der Waals surface area contributed by atoms with Gasteiger partial charge < -0.3 is 29.2 Å². The standard InChI is InChI=1S/C25H34BFN4O6/c1-13(2)19(29-23(34)35-7)22(33)31-12-15(27)11-18(31)20-28-17-9-8-14(10-16(17)21(32)30-20)26-36-24(3,4)25(5,6)37-26/h8-10,13,15,18-19H,11-12H2,1-7H3,(H,29,34)(H,28,30,32)/t15-,18-,19-/m0/s1. The molecule has 1 aromatic heterocycles. The molecule has 2 aliphatic rings. The van der Waals surface area contributed by atoms with Gasteiger partial charge in [0.05, 0.1) is 41.8 Å². The van der Waals surface area contributed by atoms with Crippen LogP contribution in [0.1, 0.15) is 59.8 Å². The van der Waals surface area contributed by atoms with Crippen LogP contribution < -0.4 is 16.3 Å². The van der Waals surface area contributed by atoms with E-state index >= 15 is 0 Å². The van der Waals surface area contributed by atoms with Crippen molar-refractivity contribution in [2.75, 3.05) is 13.7 Å². The summed E-state index contributed by atoms with van der Waals surface area (Å²) in [7, 11) is 0.564. The predicted molar refractivity (Wildman–Crippen MR) is 136 cm³/mol. The van der Waals surface area contributed by atoms with E-state index in [1.807, 2.05) is 27.7 Å². The van der Waals surface area contributed by atoms with Crippen LogP contribution in [-0.4, -0.2) is 71.1 Å². The number of nitrogens with zero attached hydrogens (tertiary/aromatic N) is 2. The second kappa shape index (κ2) is 9.72. The Bertz CT molecular complexity index is 1250. The normalized spacial score (nSPS) is 23.5. The molecule has 2 aromatic rings. The molecule has 0 aliphatic carbocycles. The molecule has 0 radical (unpaired) electrons. The maximum atomic E-state index is 14.6. The van der Waals surface area contributed by atoms with Crippen molar-refractivity contribution in [2.45, 2.75) is 77.4 Å². The van der Waals surface area contributed by atoms with E-state index in [1.54, 1.807) is 32.0 Å². The molecule has 0 spiro atoms. The zero-order valence-electron chi connectivity index (χ0n) is 22.3. The number of carbonyl (C=O) groups is 2. The molecule has 0 unspecified atom stereocenters. The predicted octanol–water partition coefficient (Wildman–Crippen LogP) is 2.21. The SMILES string of the molecule is COC(=O)N[C@H](C(=O)N1C[C@@H](F)C[C@H]1c1nc2ccc(B3OC(C)(C)C(C)(C)O3)cc2c(=O)[nH]1)C(C)C. The molecule has 1 aromatic carbocycles. The van der Waals surface area contributed by atoms with Gasteiger partial charge in [-0.05, 0) is 51.2 Å². The van der Waals surface area contributed by atoms with Gasteiger partial charge in [-0.1, -0.05) is 19.9 Å². The molecule has 3 heterocycles. The number of benzene rings is 1. The first kappa shape index (κ1) is 27.1. The Morgan fingerprint density at radius 1 is 1.24 bits per heavy atom. The van der Waals surface area contributed by atoms with Crippen molar-refractivity contribution in [1.82, 2.24) is 20.2 Å². The number of H-pyrrole nitrogens is 1. The number of hydrogen-bond donors (Lipinski definition) is 2. The highest BCUT2D eigenvalue weighted by Crippen LogP contribution is 2.37. The Balaban J connectivity index is 1.65. The number of nitrogens with one attached hydrogen (secondary N) is 2. The molecular weight excluding hydrogens is 482 g/mol. The zero-order chi connectivity index (χ0) is 27.3. The van der Waals surface area contributed by atoms with Crippen molar-refractivity contribution in [1.29, 1.82) is 0 Å². The Morgan fingerprint density at radius 2 is 1.89 bits per heavy atom. The minimum absolute atomic E-state index is 0.0186. The van der Waals surface area contributed by atoms with E-state index in [4.69, 9.17) is 9.31 Å². The zero-order valence-corrected chi connectivity index (χ0v) is 22.3. The molecule has 2 amide bonds. The number of aromatic amines is 1. The van der Waals surface area contributed by atoms with Crippen molar-refractivity contribution >= 4 is 35.5 Å². The lowest BCUT2D eigenvalue weighted by Crippen LogP contribution is -2.51. The van der Waals surface area contributed by atoms with E-state index in [9.17, 15) is 18.8 Å². The van der Waals surface area contributed by atoms with Crippen molar-refractivity contribution < 1.29 is 28.0 Å². The van der Waals surface area contributed by atoms with Crippen LogP contribution in [0, 0.1) is 5.92 Å². The minimum Gasteiger partial charge on any atom is -0.453 e. The second-order valence-electron chi connectivity index (χ2n) is 11.0. The molecule has 10 nitrogen and oxygen atoms in total. The highest BCUT2D eigenvalue weighted by Gasteiger charge is 2.51. The first-order valence-corrected chi connectivity index (χ1v) is 12.4. The lowest BCUT2D eigenvalue weighted by molar-refractivity contribution is -0.135. The van der Waals surface area contributed by atoms with E-state index in [-0.39, 0.29) is 24.7 Å². The van der Waals surface area contributed by atoms with Crippen molar-refractivity contribution in [3.63, 3.8) is 0 Å². The average Bonchev–Trinajstić information content (AvgIpc) is 3.31. The quantitative estimate of drug-likeness (QED) is 0.585. The van der Waals surface area contributed by atoms with Crippen LogP contribution in [0.2, 0.25) is 0 Å². The summed E-state index contributed by atoms with van der Waals surface area (Å²) in [4.78, 5) is 46.9. The number of alkyl carbamates (subject to hydrolysis) is 1. The number of likely N-dealkylation sites (tertiary alicyclic amines) is 1. The fraction of sp³-hybridized carbons (Fsp3) is 0.600. The fourth-order valence-electron chi connectivity index (χ4n) is 4.62. The van der Waals surface area contributed by atoms with Crippen molar-refractivity contribution in [2.24, 2.45) is 5.92 Å². The van der Waals surface area contributed by atoms with Gasteiger partial charge in [0.25, 0.3) is 5.56 Å². The molecule has 4 rings (SSSR count). The van der Waals surface area contributed by atoms with Gasteiger partial charge in [-0.15, -0.1) is 0 Å². The third-order valence-electron chi connectivity index (χ3n) is 7.51. The van der Waals surface area contributed by atoms with Gasteiger partial charge in [0.1, 0.15) is 18.0 Å². The number of carbonyl (C=O) groups excluding carboxylic acids is 2. The Hall–Kier alpha value is -2.99. The van der Waals surface area contributed by atoms with E-state index in [0.717, 1.165) is 0 Å². The van der Waals surface area contributed by atoms with Crippen LogP contribution in [0.3, 0.4) is 0 Å². The molecule has 0 saturated carbocycles. The highest BCUT2D eigenvalue weighted by molar-refractivity contribution is 6.62. The van der Waals surface area contributed by atoms with Crippen LogP contribution in [-0.2, 0) is 18.8 Å². The molecule has 37 heavy (non-hydrogen) atoms. The fourth-order valence-corrected chi connectivity index (χ4v) is 4.62. The van der Waals surface area contributed by atoms with Crippen LogP contribution >= 0.6 is 0 Å². The second-order valence-corrected chi connectivity index (χ2v) is 11.0. The van der Waals surface area contributed by atoms with E-state index in [0.29, 0.717) is 16.4 Å². The van der Waals surface area contributed by atoms with E-state index in [1.165, 1.54) is 12.0 Å². The van der Waals surface area contributed by atoms with Gasteiger partial charge in [0.2, 0.25) is 5.91 Å². The Labute approximate surface area is 215 Å². The van der Waals surface area contributed by atoms with Gasteiger partial charge in [0.15, 0.2) is 0 Å². The maximum absolute atomic E-state index is 14.6. The van der Waals surface area contributed by atoms with Gasteiger partial charge in [0, 0.05) is 6.42 Å².